The first-order valence-corrected chi connectivity index (χ1v) is 7.88. The summed E-state index contributed by atoms with van der Waals surface area (Å²) in [6.07, 6.45) is 2.19. The molecule has 0 spiro atoms. The molecule has 0 saturated carbocycles. The van der Waals surface area contributed by atoms with Gasteiger partial charge in [0.05, 0.1) is 18.3 Å². The van der Waals surface area contributed by atoms with Crippen molar-refractivity contribution in [3.05, 3.63) is 59.5 Å². The van der Waals surface area contributed by atoms with Crippen molar-refractivity contribution in [2.45, 2.75) is 13.0 Å². The molecule has 5 nitrogen and oxygen atoms in total. The third kappa shape index (κ3) is 3.71. The van der Waals surface area contributed by atoms with E-state index in [1.54, 1.807) is 23.8 Å². The van der Waals surface area contributed by atoms with E-state index in [0.717, 1.165) is 6.07 Å². The molecule has 132 valence electrons. The van der Waals surface area contributed by atoms with Crippen LogP contribution in [0.5, 0.6) is 0 Å². The second-order valence-corrected chi connectivity index (χ2v) is 5.62. The van der Waals surface area contributed by atoms with Crippen LogP contribution in [0, 0.1) is 11.6 Å². The number of hydrogen-bond donors (Lipinski definition) is 1. The molecule has 3 aromatic rings. The van der Waals surface area contributed by atoms with Crippen LogP contribution in [0.4, 0.5) is 8.78 Å². The van der Waals surface area contributed by atoms with E-state index in [4.69, 9.17) is 9.15 Å². The van der Waals surface area contributed by atoms with Crippen molar-refractivity contribution in [1.82, 2.24) is 9.88 Å². The van der Waals surface area contributed by atoms with Gasteiger partial charge in [0.15, 0.2) is 5.58 Å². The molecule has 0 radical (unpaired) electrons. The number of methoxy groups -OCH3 is 1. The number of halogens is 2. The second-order valence-electron chi connectivity index (χ2n) is 5.62. The van der Waals surface area contributed by atoms with Gasteiger partial charge in [-0.25, -0.2) is 8.78 Å². The first-order valence-electron chi connectivity index (χ1n) is 7.88. The number of ether oxygens (including phenoxy) is 1. The van der Waals surface area contributed by atoms with Gasteiger partial charge in [0.1, 0.15) is 17.3 Å². The molecule has 0 aliphatic carbocycles. The van der Waals surface area contributed by atoms with Gasteiger partial charge in [-0.1, -0.05) is 6.07 Å². The molecular formula is C18H18F2N2O3. The summed E-state index contributed by atoms with van der Waals surface area (Å²) in [4.78, 5) is 12.5. The van der Waals surface area contributed by atoms with E-state index < -0.39 is 11.6 Å². The summed E-state index contributed by atoms with van der Waals surface area (Å²) < 4.78 is 39.0. The molecule has 0 aliphatic rings. The van der Waals surface area contributed by atoms with Crippen LogP contribution in [-0.4, -0.2) is 30.7 Å². The van der Waals surface area contributed by atoms with Crippen molar-refractivity contribution in [1.29, 1.82) is 0 Å². The third-order valence-electron chi connectivity index (χ3n) is 3.91. The minimum absolute atomic E-state index is 0.0932. The van der Waals surface area contributed by atoms with Crippen LogP contribution in [-0.2, 0) is 11.3 Å². The highest BCUT2D eigenvalue weighted by atomic mass is 19.1. The minimum Gasteiger partial charge on any atom is -0.463 e. The average Bonchev–Trinajstić information content (AvgIpc) is 3.16. The zero-order valence-corrected chi connectivity index (χ0v) is 13.7. The van der Waals surface area contributed by atoms with Crippen LogP contribution >= 0.6 is 0 Å². The van der Waals surface area contributed by atoms with Gasteiger partial charge in [0, 0.05) is 44.0 Å². The highest BCUT2D eigenvalue weighted by Crippen LogP contribution is 2.23. The van der Waals surface area contributed by atoms with E-state index in [1.165, 1.54) is 18.4 Å². The van der Waals surface area contributed by atoms with E-state index in [2.05, 4.69) is 5.32 Å². The van der Waals surface area contributed by atoms with Gasteiger partial charge in [0.2, 0.25) is 0 Å². The summed E-state index contributed by atoms with van der Waals surface area (Å²) in [7, 11) is 1.60. The Morgan fingerprint density at radius 1 is 1.28 bits per heavy atom. The number of carbonyl (C=O) groups excluding carboxylic acids is 1. The lowest BCUT2D eigenvalue weighted by Gasteiger charge is -2.11. The molecular weight excluding hydrogens is 330 g/mol. The van der Waals surface area contributed by atoms with Crippen molar-refractivity contribution < 1.29 is 22.7 Å². The monoisotopic (exact) mass is 348 g/mol. The highest BCUT2D eigenvalue weighted by molar-refractivity contribution is 5.97. The average molecular weight is 348 g/mol. The SMILES string of the molecule is COCCCNC(=O)c1cc2occc2n1Cc1ccc(F)cc1F. The number of carbonyl (C=O) groups is 1. The zero-order chi connectivity index (χ0) is 17.8. The molecule has 1 amide bonds. The van der Waals surface area contributed by atoms with Crippen molar-refractivity contribution >= 4 is 17.0 Å². The molecule has 3 rings (SSSR count). The second kappa shape index (κ2) is 7.48. The van der Waals surface area contributed by atoms with Crippen LogP contribution < -0.4 is 5.32 Å². The van der Waals surface area contributed by atoms with E-state index in [1.807, 2.05) is 0 Å². The largest absolute Gasteiger partial charge is 0.463 e. The van der Waals surface area contributed by atoms with Gasteiger partial charge < -0.3 is 19.0 Å². The Morgan fingerprint density at radius 2 is 2.12 bits per heavy atom. The topological polar surface area (TPSA) is 56.4 Å². The maximum Gasteiger partial charge on any atom is 0.268 e. The molecule has 2 heterocycles. The third-order valence-corrected chi connectivity index (χ3v) is 3.91. The predicted octanol–water partition coefficient (Wildman–Crippen LogP) is 3.33. The van der Waals surface area contributed by atoms with Gasteiger partial charge in [-0.15, -0.1) is 0 Å². The van der Waals surface area contributed by atoms with Crippen LogP contribution in [0.15, 0.2) is 41.0 Å². The van der Waals surface area contributed by atoms with Crippen molar-refractivity contribution in [3.8, 4) is 0 Å². The lowest BCUT2D eigenvalue weighted by atomic mass is 10.2. The van der Waals surface area contributed by atoms with Crippen LogP contribution in [0.1, 0.15) is 22.5 Å². The standard InChI is InChI=1S/C18H18F2N2O3/c1-24-7-2-6-21-18(23)16-10-17-15(5-8-25-17)22(16)11-12-3-4-13(19)9-14(12)20/h3-5,8-10H,2,6-7,11H2,1H3,(H,21,23). The molecule has 0 saturated heterocycles. The first kappa shape index (κ1) is 17.2. The first-order chi connectivity index (χ1) is 12.1. The number of aromatic nitrogens is 1. The molecule has 1 aromatic carbocycles. The van der Waals surface area contributed by atoms with Gasteiger partial charge in [-0.05, 0) is 12.5 Å². The molecule has 0 unspecified atom stereocenters. The van der Waals surface area contributed by atoms with Gasteiger partial charge in [-0.3, -0.25) is 4.79 Å². The Bertz CT molecular complexity index is 886. The fourth-order valence-corrected chi connectivity index (χ4v) is 2.66. The van der Waals surface area contributed by atoms with E-state index in [0.29, 0.717) is 36.4 Å². The Labute approximate surface area is 143 Å². The summed E-state index contributed by atoms with van der Waals surface area (Å²) in [5.74, 6) is -1.58. The van der Waals surface area contributed by atoms with Crippen molar-refractivity contribution in [2.24, 2.45) is 0 Å². The summed E-state index contributed by atoms with van der Waals surface area (Å²) >= 11 is 0. The van der Waals surface area contributed by atoms with E-state index in [-0.39, 0.29) is 18.0 Å². The Balaban J connectivity index is 1.87. The van der Waals surface area contributed by atoms with Crippen molar-refractivity contribution in [2.75, 3.05) is 20.3 Å². The number of fused-ring (bicyclic) bond motifs is 1. The molecule has 25 heavy (non-hydrogen) atoms. The van der Waals surface area contributed by atoms with Gasteiger partial charge in [-0.2, -0.15) is 0 Å². The lowest BCUT2D eigenvalue weighted by molar-refractivity contribution is 0.0940. The maximum absolute atomic E-state index is 14.0. The Morgan fingerprint density at radius 3 is 2.88 bits per heavy atom. The fraction of sp³-hybridized carbons (Fsp3) is 0.278. The van der Waals surface area contributed by atoms with Crippen LogP contribution in [0.2, 0.25) is 0 Å². The molecule has 1 N–H and O–H groups in total. The number of hydrogen-bond acceptors (Lipinski definition) is 3. The molecule has 0 bridgehead atoms. The Hall–Kier alpha value is -2.67. The molecule has 7 heteroatoms. The minimum atomic E-state index is -0.656. The van der Waals surface area contributed by atoms with Crippen LogP contribution in [0.25, 0.3) is 11.1 Å². The van der Waals surface area contributed by atoms with Gasteiger partial charge >= 0.3 is 0 Å². The molecule has 2 aromatic heterocycles. The normalized spacial score (nSPS) is 11.2. The Kier molecular flexibility index (Phi) is 5.14. The molecule has 0 aliphatic heterocycles. The number of rotatable bonds is 7. The summed E-state index contributed by atoms with van der Waals surface area (Å²) in [6.45, 7) is 1.10. The fourth-order valence-electron chi connectivity index (χ4n) is 2.66. The number of benzene rings is 1. The number of nitrogens with one attached hydrogen (secondary N) is 1. The molecule has 0 atom stereocenters. The van der Waals surface area contributed by atoms with Crippen LogP contribution in [0.3, 0.4) is 0 Å². The number of nitrogens with zero attached hydrogens (tertiary/aromatic N) is 1. The highest BCUT2D eigenvalue weighted by Gasteiger charge is 2.18. The molecule has 0 fully saturated rings. The van der Waals surface area contributed by atoms with Gasteiger partial charge in [0.25, 0.3) is 5.91 Å². The van der Waals surface area contributed by atoms with Crippen molar-refractivity contribution in [3.63, 3.8) is 0 Å². The maximum atomic E-state index is 14.0. The predicted molar refractivity (Wildman–Crippen MR) is 88.5 cm³/mol. The number of amides is 1. The smallest absolute Gasteiger partial charge is 0.268 e. The van der Waals surface area contributed by atoms with E-state index >= 15 is 0 Å². The summed E-state index contributed by atoms with van der Waals surface area (Å²) in [5.41, 5.74) is 1.85. The number of furan rings is 1. The lowest BCUT2D eigenvalue weighted by Crippen LogP contribution is -2.27. The van der Waals surface area contributed by atoms with E-state index in [9.17, 15) is 13.6 Å². The zero-order valence-electron chi connectivity index (χ0n) is 13.7. The summed E-state index contributed by atoms with van der Waals surface area (Å²) in [6, 6.07) is 6.71. The summed E-state index contributed by atoms with van der Waals surface area (Å²) in [5, 5.41) is 2.80. The quantitative estimate of drug-likeness (QED) is 0.667.